The van der Waals surface area contributed by atoms with Gasteiger partial charge in [0.05, 0.1) is 6.20 Å². The van der Waals surface area contributed by atoms with Crippen molar-refractivity contribution in [2.75, 3.05) is 0 Å². The van der Waals surface area contributed by atoms with Gasteiger partial charge in [-0.05, 0) is 0 Å². The summed E-state index contributed by atoms with van der Waals surface area (Å²) in [5.74, 6) is 0.285. The molecule has 0 aromatic carbocycles. The topological polar surface area (TPSA) is 34.5 Å². The summed E-state index contributed by atoms with van der Waals surface area (Å²) in [7, 11) is 0. The van der Waals surface area contributed by atoms with Gasteiger partial charge in [0.25, 0.3) is 5.82 Å². The van der Waals surface area contributed by atoms with Crippen molar-refractivity contribution < 1.29 is 0 Å². The second-order valence-corrected chi connectivity index (χ2v) is 2.54. The van der Waals surface area contributed by atoms with Crippen molar-refractivity contribution in [1.29, 1.82) is 0 Å². The van der Waals surface area contributed by atoms with E-state index in [1.54, 1.807) is 12.3 Å². The summed E-state index contributed by atoms with van der Waals surface area (Å²) in [6, 6.07) is 3.18. The molecule has 2 aromatic rings. The van der Waals surface area contributed by atoms with Gasteiger partial charge >= 0.3 is 0 Å². The fourth-order valence-corrected chi connectivity index (χ4v) is 1.15. The number of fused-ring (bicyclic) bond motifs is 1. The van der Waals surface area contributed by atoms with Crippen molar-refractivity contribution in [2.24, 2.45) is 0 Å². The molecule has 2 heterocycles. The van der Waals surface area contributed by atoms with E-state index in [1.165, 1.54) is 10.6 Å². The summed E-state index contributed by atoms with van der Waals surface area (Å²) in [6.07, 6.45) is 1.59. The molecule has 4 nitrogen and oxygen atoms in total. The third-order valence-electron chi connectivity index (χ3n) is 1.42. The van der Waals surface area contributed by atoms with Crippen LogP contribution in [0.4, 0.5) is 5.82 Å². The molecule has 0 aliphatic heterocycles. The average molecular weight is 179 g/mol. The van der Waals surface area contributed by atoms with Gasteiger partial charge in [-0.3, -0.25) is 0 Å². The van der Waals surface area contributed by atoms with E-state index in [2.05, 4.69) is 14.9 Å². The van der Waals surface area contributed by atoms with Gasteiger partial charge in [-0.15, -0.1) is 4.98 Å². The Morgan fingerprint density at radius 3 is 3.17 bits per heavy atom. The second-order valence-electron chi connectivity index (χ2n) is 2.15. The molecule has 5 heteroatoms. The summed E-state index contributed by atoms with van der Waals surface area (Å²) in [5, 5.41) is 4.31. The summed E-state index contributed by atoms with van der Waals surface area (Å²) in [4.78, 5) is 7.15. The predicted octanol–water partition coefficient (Wildman–Crippen LogP) is 1.93. The van der Waals surface area contributed by atoms with E-state index in [9.17, 15) is 0 Å². The SMILES string of the molecule is [C-]#[N+]c1cc(Cl)n2nccc2n1. The highest BCUT2D eigenvalue weighted by molar-refractivity contribution is 6.29. The molecule has 0 fully saturated rings. The first kappa shape index (κ1) is 7.07. The first-order valence-electron chi connectivity index (χ1n) is 3.19. The van der Waals surface area contributed by atoms with Crippen molar-refractivity contribution in [1.82, 2.24) is 14.6 Å². The normalized spacial score (nSPS) is 10.0. The van der Waals surface area contributed by atoms with Crippen LogP contribution in [0.25, 0.3) is 10.5 Å². The Labute approximate surface area is 73.2 Å². The number of hydrogen-bond acceptors (Lipinski definition) is 2. The molecule has 0 saturated heterocycles. The standard InChI is InChI=1S/C7H3ClN4/c1-9-6-4-5(8)12-7(11-6)2-3-10-12/h2-4H. The third kappa shape index (κ3) is 0.917. The Morgan fingerprint density at radius 1 is 1.58 bits per heavy atom. The minimum Gasteiger partial charge on any atom is -0.360 e. The fourth-order valence-electron chi connectivity index (χ4n) is 0.920. The predicted molar refractivity (Wildman–Crippen MR) is 44.3 cm³/mol. The third-order valence-corrected chi connectivity index (χ3v) is 1.69. The van der Waals surface area contributed by atoms with E-state index in [1.807, 2.05) is 0 Å². The van der Waals surface area contributed by atoms with E-state index < -0.39 is 0 Å². The van der Waals surface area contributed by atoms with E-state index in [0.717, 1.165) is 0 Å². The highest BCUT2D eigenvalue weighted by Gasteiger charge is 2.05. The molecular weight excluding hydrogens is 176 g/mol. The minimum atomic E-state index is 0.285. The van der Waals surface area contributed by atoms with Crippen LogP contribution in [0.2, 0.25) is 5.15 Å². The molecule has 2 rings (SSSR count). The molecule has 0 bridgehead atoms. The molecule has 0 amide bonds. The van der Waals surface area contributed by atoms with Crippen LogP contribution < -0.4 is 0 Å². The number of aromatic nitrogens is 3. The highest BCUT2D eigenvalue weighted by atomic mass is 35.5. The molecule has 12 heavy (non-hydrogen) atoms. The van der Waals surface area contributed by atoms with Crippen molar-refractivity contribution in [3.8, 4) is 0 Å². The van der Waals surface area contributed by atoms with Gasteiger partial charge < -0.3 is 4.85 Å². The number of nitrogens with zero attached hydrogens (tertiary/aromatic N) is 4. The Morgan fingerprint density at radius 2 is 2.42 bits per heavy atom. The Balaban J connectivity index is 2.86. The van der Waals surface area contributed by atoms with Crippen LogP contribution in [0.5, 0.6) is 0 Å². The average Bonchev–Trinajstić information content (AvgIpc) is 2.52. The number of halogens is 1. The zero-order valence-electron chi connectivity index (χ0n) is 5.90. The molecule has 0 aliphatic carbocycles. The molecular formula is C7H3ClN4. The van der Waals surface area contributed by atoms with Crippen LogP contribution in [0.1, 0.15) is 0 Å². The van der Waals surface area contributed by atoms with Gasteiger partial charge in [0.1, 0.15) is 5.15 Å². The molecule has 0 saturated carbocycles. The lowest BCUT2D eigenvalue weighted by Gasteiger charge is -1.93. The largest absolute Gasteiger partial charge is 0.360 e. The molecule has 0 spiro atoms. The van der Waals surface area contributed by atoms with E-state index in [-0.39, 0.29) is 5.82 Å². The summed E-state index contributed by atoms with van der Waals surface area (Å²) in [6.45, 7) is 6.74. The Hall–Kier alpha value is -1.60. The lowest BCUT2D eigenvalue weighted by Crippen LogP contribution is -1.90. The molecule has 0 atom stereocenters. The monoisotopic (exact) mass is 178 g/mol. The van der Waals surface area contributed by atoms with E-state index >= 15 is 0 Å². The molecule has 0 radical (unpaired) electrons. The maximum Gasteiger partial charge on any atom is 0.274 e. The lowest BCUT2D eigenvalue weighted by molar-refractivity contribution is 0.943. The fraction of sp³-hybridized carbons (Fsp3) is 0. The lowest BCUT2D eigenvalue weighted by atomic mass is 10.5. The van der Waals surface area contributed by atoms with Crippen molar-refractivity contribution in [2.45, 2.75) is 0 Å². The summed E-state index contributed by atoms with van der Waals surface area (Å²) in [5.41, 5.74) is 0.591. The van der Waals surface area contributed by atoms with Gasteiger partial charge in [-0.1, -0.05) is 18.2 Å². The molecule has 0 unspecified atom stereocenters. The second kappa shape index (κ2) is 2.47. The van der Waals surface area contributed by atoms with Crippen LogP contribution in [-0.4, -0.2) is 14.6 Å². The van der Waals surface area contributed by atoms with Crippen LogP contribution in [0.15, 0.2) is 18.3 Å². The Kier molecular flexibility index (Phi) is 1.45. The van der Waals surface area contributed by atoms with Crippen molar-refractivity contribution in [3.63, 3.8) is 0 Å². The molecule has 0 N–H and O–H groups in total. The summed E-state index contributed by atoms with van der Waals surface area (Å²) < 4.78 is 1.47. The van der Waals surface area contributed by atoms with Gasteiger partial charge in [0, 0.05) is 12.1 Å². The zero-order chi connectivity index (χ0) is 8.55. The smallest absolute Gasteiger partial charge is 0.274 e. The van der Waals surface area contributed by atoms with Gasteiger partial charge in [0.15, 0.2) is 0 Å². The van der Waals surface area contributed by atoms with Gasteiger partial charge in [-0.25, -0.2) is 0 Å². The minimum absolute atomic E-state index is 0.285. The van der Waals surface area contributed by atoms with Crippen LogP contribution >= 0.6 is 11.6 Å². The zero-order valence-corrected chi connectivity index (χ0v) is 6.65. The van der Waals surface area contributed by atoms with Gasteiger partial charge in [0.2, 0.25) is 5.65 Å². The van der Waals surface area contributed by atoms with Gasteiger partial charge in [-0.2, -0.15) is 9.61 Å². The maximum absolute atomic E-state index is 6.74. The summed E-state index contributed by atoms with van der Waals surface area (Å²) >= 11 is 5.80. The Bertz CT molecular complexity index is 468. The number of hydrogen-bond donors (Lipinski definition) is 0. The molecule has 58 valence electrons. The quantitative estimate of drug-likeness (QED) is 0.456. The first-order chi connectivity index (χ1) is 5.81. The molecule has 2 aromatic heterocycles. The molecule has 0 aliphatic rings. The van der Waals surface area contributed by atoms with Crippen molar-refractivity contribution in [3.05, 3.63) is 34.9 Å². The number of rotatable bonds is 0. The van der Waals surface area contributed by atoms with Crippen LogP contribution in [0.3, 0.4) is 0 Å². The van der Waals surface area contributed by atoms with Crippen molar-refractivity contribution >= 4 is 23.1 Å². The first-order valence-corrected chi connectivity index (χ1v) is 3.57. The van der Waals surface area contributed by atoms with E-state index in [4.69, 9.17) is 18.2 Å². The van der Waals surface area contributed by atoms with Crippen LogP contribution in [-0.2, 0) is 0 Å². The van der Waals surface area contributed by atoms with Crippen LogP contribution in [0, 0.1) is 6.57 Å². The highest BCUT2D eigenvalue weighted by Crippen LogP contribution is 2.17. The van der Waals surface area contributed by atoms with E-state index in [0.29, 0.717) is 10.8 Å². The maximum atomic E-state index is 6.74.